The maximum Gasteiger partial charge on any atom is 0.0976 e. The standard InChI is InChI=1S/2C31H31NO2S/c2*33-30(24-35(34)28-20-11-4-12-21-28)29-22-13-23-32(29)31(25-14-5-1-6-15-25,26-16-7-2-8-17-26)27-18-9-3-10-19-27/h2*1-12,14-21,29-30,33H,13,22-24H2/t2*29?,30-,35?/m00/s1. The fourth-order valence-corrected chi connectivity index (χ4v) is 13.5. The average molecular weight is 963 g/mol. The van der Waals surface area contributed by atoms with E-state index in [0.717, 1.165) is 48.6 Å². The Morgan fingerprint density at radius 3 is 0.814 bits per heavy atom. The van der Waals surface area contributed by atoms with E-state index >= 15 is 0 Å². The van der Waals surface area contributed by atoms with Crippen LogP contribution in [0.2, 0.25) is 0 Å². The van der Waals surface area contributed by atoms with Gasteiger partial charge in [-0.05, 0) is 83.3 Å². The largest absolute Gasteiger partial charge is 0.391 e. The Hall–Kier alpha value is -6.10. The Morgan fingerprint density at radius 2 is 0.586 bits per heavy atom. The van der Waals surface area contributed by atoms with E-state index in [9.17, 15) is 18.6 Å². The molecule has 8 aromatic carbocycles. The van der Waals surface area contributed by atoms with Crippen molar-refractivity contribution >= 4 is 21.6 Å². The van der Waals surface area contributed by atoms with Crippen molar-refractivity contribution in [3.63, 3.8) is 0 Å². The van der Waals surface area contributed by atoms with Crippen molar-refractivity contribution in [2.75, 3.05) is 24.6 Å². The van der Waals surface area contributed by atoms with Gasteiger partial charge in [-0.15, -0.1) is 0 Å². The van der Waals surface area contributed by atoms with Crippen molar-refractivity contribution in [1.82, 2.24) is 9.80 Å². The molecule has 2 N–H and O–H groups in total. The van der Waals surface area contributed by atoms with Gasteiger partial charge in [0, 0.05) is 35.0 Å². The number of aliphatic hydroxyl groups excluding tert-OH is 2. The molecule has 0 radical (unpaired) electrons. The lowest BCUT2D eigenvalue weighted by Crippen LogP contribution is -2.54. The number of rotatable bonds is 16. The highest BCUT2D eigenvalue weighted by molar-refractivity contribution is 7.85. The van der Waals surface area contributed by atoms with Gasteiger partial charge in [0.15, 0.2) is 0 Å². The van der Waals surface area contributed by atoms with Crippen LogP contribution >= 0.6 is 0 Å². The molecule has 0 saturated carbocycles. The van der Waals surface area contributed by atoms with Crippen LogP contribution in [-0.2, 0) is 32.7 Å². The molecule has 6 atom stereocenters. The van der Waals surface area contributed by atoms with Crippen LogP contribution < -0.4 is 0 Å². The van der Waals surface area contributed by atoms with Crippen LogP contribution in [0.1, 0.15) is 59.1 Å². The van der Waals surface area contributed by atoms with Gasteiger partial charge in [-0.2, -0.15) is 0 Å². The van der Waals surface area contributed by atoms with Gasteiger partial charge in [0.1, 0.15) is 0 Å². The van der Waals surface area contributed by atoms with Crippen molar-refractivity contribution in [3.05, 3.63) is 276 Å². The van der Waals surface area contributed by atoms with E-state index in [0.29, 0.717) is 0 Å². The number of aliphatic hydroxyl groups is 2. The number of hydrogen-bond acceptors (Lipinski definition) is 6. The first-order valence-corrected chi connectivity index (χ1v) is 27.2. The van der Waals surface area contributed by atoms with E-state index in [4.69, 9.17) is 0 Å². The molecular weight excluding hydrogens is 901 g/mol. The first kappa shape index (κ1) is 48.9. The minimum atomic E-state index is -1.26. The Bertz CT molecular complexity index is 2470. The van der Waals surface area contributed by atoms with E-state index in [-0.39, 0.29) is 23.6 Å². The molecule has 0 amide bonds. The molecule has 356 valence electrons. The highest BCUT2D eigenvalue weighted by Crippen LogP contribution is 2.48. The SMILES string of the molecule is O=S(C[C@H](O)C1CCCN1C(c1ccccc1)(c1ccccc1)c1ccccc1)c1ccccc1.O=S(C[C@H](O)C1CCCN1C(c1ccccc1)(c1ccccc1)c1ccccc1)c1ccccc1. The molecule has 6 nitrogen and oxygen atoms in total. The van der Waals surface area contributed by atoms with Gasteiger partial charge in [0.05, 0.1) is 56.4 Å². The van der Waals surface area contributed by atoms with E-state index in [2.05, 4.69) is 155 Å². The first-order valence-electron chi connectivity index (χ1n) is 24.5. The maximum atomic E-state index is 13.1. The lowest BCUT2D eigenvalue weighted by molar-refractivity contribution is 0.0455. The van der Waals surface area contributed by atoms with Crippen LogP contribution in [0.25, 0.3) is 0 Å². The summed E-state index contributed by atoms with van der Waals surface area (Å²) in [6, 6.07) is 82.2. The molecule has 0 aromatic heterocycles. The van der Waals surface area contributed by atoms with E-state index in [1.165, 1.54) is 33.4 Å². The summed E-state index contributed by atoms with van der Waals surface area (Å²) in [5.41, 5.74) is 5.87. The van der Waals surface area contributed by atoms with E-state index in [1.807, 2.05) is 97.1 Å². The first-order chi connectivity index (χ1) is 34.4. The number of benzene rings is 8. The molecule has 2 aliphatic heterocycles. The normalized spacial score (nSPS) is 18.3. The van der Waals surface area contributed by atoms with Crippen molar-refractivity contribution in [3.8, 4) is 0 Å². The number of hydrogen-bond donors (Lipinski definition) is 2. The third kappa shape index (κ3) is 10.2. The number of likely N-dealkylation sites (tertiary alicyclic amines) is 2. The van der Waals surface area contributed by atoms with Gasteiger partial charge in [0.25, 0.3) is 0 Å². The second kappa shape index (κ2) is 23.2. The fourth-order valence-electron chi connectivity index (χ4n) is 11.2. The molecule has 2 aliphatic rings. The van der Waals surface area contributed by atoms with Crippen LogP contribution in [0.5, 0.6) is 0 Å². The van der Waals surface area contributed by atoms with Crippen LogP contribution in [-0.4, -0.2) is 77.3 Å². The molecule has 10 rings (SSSR count). The van der Waals surface area contributed by atoms with Crippen LogP contribution in [0.15, 0.2) is 252 Å². The van der Waals surface area contributed by atoms with Gasteiger partial charge < -0.3 is 10.2 Å². The predicted octanol–water partition coefficient (Wildman–Crippen LogP) is 11.2. The molecule has 8 heteroatoms. The minimum absolute atomic E-state index is 0.122. The summed E-state index contributed by atoms with van der Waals surface area (Å²) in [4.78, 5) is 6.44. The van der Waals surface area contributed by atoms with Crippen LogP contribution in [0.4, 0.5) is 0 Å². The van der Waals surface area contributed by atoms with Crippen molar-refractivity contribution in [2.24, 2.45) is 0 Å². The van der Waals surface area contributed by atoms with E-state index < -0.39 is 44.9 Å². The Labute approximate surface area is 419 Å². The molecule has 70 heavy (non-hydrogen) atoms. The second-order valence-corrected chi connectivity index (χ2v) is 21.2. The topological polar surface area (TPSA) is 81.1 Å². The number of nitrogens with zero attached hydrogens (tertiary/aromatic N) is 2. The second-order valence-electron chi connectivity index (χ2n) is 18.2. The lowest BCUT2D eigenvalue weighted by atomic mass is 9.75. The summed E-state index contributed by atoms with van der Waals surface area (Å²) in [6.45, 7) is 1.69. The zero-order valence-corrected chi connectivity index (χ0v) is 41.1. The van der Waals surface area contributed by atoms with Gasteiger partial charge in [-0.25, -0.2) is 0 Å². The predicted molar refractivity (Wildman–Crippen MR) is 285 cm³/mol. The Kier molecular flexibility index (Phi) is 16.2. The summed E-state index contributed by atoms with van der Waals surface area (Å²) in [5.74, 6) is 0.444. The quantitative estimate of drug-likeness (QED) is 0.0939. The Balaban J connectivity index is 0.000000174. The summed E-state index contributed by atoms with van der Waals surface area (Å²) in [6.07, 6.45) is 2.26. The zero-order valence-electron chi connectivity index (χ0n) is 39.5. The van der Waals surface area contributed by atoms with Gasteiger partial charge in [-0.3, -0.25) is 18.2 Å². The fraction of sp³-hybridized carbons (Fsp3) is 0.226. The van der Waals surface area contributed by atoms with Gasteiger partial charge in [-0.1, -0.05) is 218 Å². The van der Waals surface area contributed by atoms with Gasteiger partial charge in [0.2, 0.25) is 0 Å². The minimum Gasteiger partial charge on any atom is -0.391 e. The molecule has 0 spiro atoms. The third-order valence-corrected chi connectivity index (χ3v) is 17.0. The van der Waals surface area contributed by atoms with Crippen molar-refractivity contribution in [1.29, 1.82) is 0 Å². The summed E-state index contributed by atoms with van der Waals surface area (Å²) >= 11 is 0. The molecule has 0 aliphatic carbocycles. The highest BCUT2D eigenvalue weighted by atomic mass is 32.2. The molecule has 2 heterocycles. The van der Waals surface area contributed by atoms with Crippen LogP contribution in [0, 0.1) is 0 Å². The highest BCUT2D eigenvalue weighted by Gasteiger charge is 2.50. The average Bonchev–Trinajstić information content (AvgIpc) is 4.14. The third-order valence-electron chi connectivity index (χ3n) is 14.2. The molecule has 0 bridgehead atoms. The van der Waals surface area contributed by atoms with Gasteiger partial charge >= 0.3 is 0 Å². The molecular formula is C62H62N2O4S2. The van der Waals surface area contributed by atoms with Crippen LogP contribution in [0.3, 0.4) is 0 Å². The maximum absolute atomic E-state index is 13.1. The summed E-state index contributed by atoms with van der Waals surface area (Å²) in [7, 11) is -2.52. The molecule has 2 saturated heterocycles. The monoisotopic (exact) mass is 962 g/mol. The zero-order chi connectivity index (χ0) is 48.2. The molecule has 2 fully saturated rings. The van der Waals surface area contributed by atoms with Crippen molar-refractivity contribution in [2.45, 2.75) is 70.8 Å². The molecule has 8 aromatic rings. The smallest absolute Gasteiger partial charge is 0.0976 e. The lowest BCUT2D eigenvalue weighted by Gasteiger charge is -2.47. The summed E-state index contributed by atoms with van der Waals surface area (Å²) < 4.78 is 26.2. The summed E-state index contributed by atoms with van der Waals surface area (Å²) in [5, 5.41) is 23.0. The van der Waals surface area contributed by atoms with Crippen molar-refractivity contribution < 1.29 is 18.6 Å². The molecule has 4 unspecified atom stereocenters. The van der Waals surface area contributed by atoms with E-state index in [1.54, 1.807) is 0 Å². The Morgan fingerprint density at radius 1 is 0.371 bits per heavy atom.